The van der Waals surface area contributed by atoms with Crippen molar-refractivity contribution in [2.45, 2.75) is 39.2 Å². The van der Waals surface area contributed by atoms with Gasteiger partial charge in [0, 0.05) is 12.2 Å². The van der Waals surface area contributed by atoms with E-state index in [2.05, 4.69) is 24.1 Å². The first kappa shape index (κ1) is 13.0. The molecule has 0 bridgehead atoms. The molecule has 1 aromatic rings. The van der Waals surface area contributed by atoms with Gasteiger partial charge in [-0.1, -0.05) is 13.8 Å². The number of nitrogens with two attached hydrogens (primary N) is 1. The van der Waals surface area contributed by atoms with E-state index < -0.39 is 0 Å². The highest BCUT2D eigenvalue weighted by molar-refractivity contribution is 5.31. The lowest BCUT2D eigenvalue weighted by Crippen LogP contribution is -2.30. The first-order valence-corrected chi connectivity index (χ1v) is 6.01. The zero-order valence-corrected chi connectivity index (χ0v) is 10.5. The van der Waals surface area contributed by atoms with E-state index in [1.807, 2.05) is 19.2 Å². The molecule has 0 aromatic carbocycles. The molecule has 0 aliphatic heterocycles. The molecule has 3 heteroatoms. The van der Waals surface area contributed by atoms with Gasteiger partial charge in [0.05, 0.1) is 0 Å². The van der Waals surface area contributed by atoms with E-state index in [0.29, 0.717) is 17.8 Å². The van der Waals surface area contributed by atoms with Gasteiger partial charge in [0.2, 0.25) is 0 Å². The Morgan fingerprint density at radius 1 is 1.44 bits per heavy atom. The van der Waals surface area contributed by atoms with Gasteiger partial charge < -0.3 is 11.1 Å². The fraction of sp³-hybridized carbons (Fsp3) is 0.615. The van der Waals surface area contributed by atoms with Gasteiger partial charge in [0.1, 0.15) is 5.82 Å². The normalized spacial score (nSPS) is 13.0. The topological polar surface area (TPSA) is 50.9 Å². The minimum absolute atomic E-state index is 0.610. The summed E-state index contributed by atoms with van der Waals surface area (Å²) in [6.07, 6.45) is 5.25. The Bertz CT molecular complexity index is 310. The SMILES string of the molecule is CNC(CCCc1ccnc(N)c1)C(C)C. The number of hydrogen-bond donors (Lipinski definition) is 2. The average molecular weight is 221 g/mol. The Labute approximate surface area is 98.5 Å². The Morgan fingerprint density at radius 3 is 2.75 bits per heavy atom. The lowest BCUT2D eigenvalue weighted by molar-refractivity contribution is 0.393. The van der Waals surface area contributed by atoms with E-state index in [9.17, 15) is 0 Å². The molecule has 90 valence electrons. The van der Waals surface area contributed by atoms with Crippen molar-refractivity contribution in [1.29, 1.82) is 0 Å². The summed E-state index contributed by atoms with van der Waals surface area (Å²) >= 11 is 0. The highest BCUT2D eigenvalue weighted by Crippen LogP contribution is 2.12. The number of aromatic nitrogens is 1. The predicted molar refractivity (Wildman–Crippen MR) is 69.3 cm³/mol. The number of nitrogens with one attached hydrogen (secondary N) is 1. The summed E-state index contributed by atoms with van der Waals surface area (Å²) in [5.74, 6) is 1.30. The third kappa shape index (κ3) is 4.19. The molecule has 0 saturated heterocycles. The van der Waals surface area contributed by atoms with Crippen molar-refractivity contribution in [3.8, 4) is 0 Å². The van der Waals surface area contributed by atoms with Crippen molar-refractivity contribution in [3.63, 3.8) is 0 Å². The molecule has 1 heterocycles. The number of nitrogens with zero attached hydrogens (tertiary/aromatic N) is 1. The van der Waals surface area contributed by atoms with Crippen molar-refractivity contribution in [1.82, 2.24) is 10.3 Å². The Hall–Kier alpha value is -1.09. The maximum atomic E-state index is 5.64. The van der Waals surface area contributed by atoms with E-state index in [0.717, 1.165) is 6.42 Å². The molecule has 0 spiro atoms. The lowest BCUT2D eigenvalue weighted by atomic mass is 9.97. The first-order chi connectivity index (χ1) is 7.63. The minimum atomic E-state index is 0.610. The van der Waals surface area contributed by atoms with E-state index >= 15 is 0 Å². The summed E-state index contributed by atoms with van der Waals surface area (Å²) in [6.45, 7) is 4.51. The van der Waals surface area contributed by atoms with Crippen LogP contribution in [0.25, 0.3) is 0 Å². The fourth-order valence-corrected chi connectivity index (χ4v) is 1.99. The van der Waals surface area contributed by atoms with Crippen LogP contribution in [0.1, 0.15) is 32.3 Å². The number of anilines is 1. The zero-order valence-electron chi connectivity index (χ0n) is 10.5. The monoisotopic (exact) mass is 221 g/mol. The molecule has 3 nitrogen and oxygen atoms in total. The average Bonchev–Trinajstić information content (AvgIpc) is 2.24. The van der Waals surface area contributed by atoms with Crippen LogP contribution in [0.4, 0.5) is 5.82 Å². The minimum Gasteiger partial charge on any atom is -0.384 e. The second-order valence-corrected chi connectivity index (χ2v) is 4.62. The van der Waals surface area contributed by atoms with Crippen molar-refractivity contribution in [3.05, 3.63) is 23.9 Å². The number of aryl methyl sites for hydroxylation is 1. The summed E-state index contributed by atoms with van der Waals surface area (Å²) in [6, 6.07) is 4.61. The van der Waals surface area contributed by atoms with Crippen LogP contribution in [-0.2, 0) is 6.42 Å². The second-order valence-electron chi connectivity index (χ2n) is 4.62. The molecule has 0 aliphatic carbocycles. The van der Waals surface area contributed by atoms with E-state index in [4.69, 9.17) is 5.73 Å². The molecule has 1 aromatic heterocycles. The summed E-state index contributed by atoms with van der Waals surface area (Å²) in [7, 11) is 2.04. The molecular weight excluding hydrogens is 198 g/mol. The molecule has 0 radical (unpaired) electrons. The molecule has 1 rings (SSSR count). The standard InChI is InChI=1S/C13H23N3/c1-10(2)12(15-3)6-4-5-11-7-8-16-13(14)9-11/h7-10,12,15H,4-6H2,1-3H3,(H2,14,16). The molecule has 1 unspecified atom stereocenters. The quantitative estimate of drug-likeness (QED) is 0.774. The van der Waals surface area contributed by atoms with E-state index in [1.54, 1.807) is 6.20 Å². The van der Waals surface area contributed by atoms with Gasteiger partial charge in [-0.2, -0.15) is 0 Å². The largest absolute Gasteiger partial charge is 0.384 e. The highest BCUT2D eigenvalue weighted by Gasteiger charge is 2.09. The lowest BCUT2D eigenvalue weighted by Gasteiger charge is -2.19. The molecule has 16 heavy (non-hydrogen) atoms. The molecule has 0 fully saturated rings. The highest BCUT2D eigenvalue weighted by atomic mass is 14.9. The van der Waals surface area contributed by atoms with Gasteiger partial charge in [0.25, 0.3) is 0 Å². The van der Waals surface area contributed by atoms with Gasteiger partial charge in [-0.3, -0.25) is 0 Å². The molecule has 3 N–H and O–H groups in total. The molecule has 0 saturated carbocycles. The van der Waals surface area contributed by atoms with Gasteiger partial charge in [0.15, 0.2) is 0 Å². The van der Waals surface area contributed by atoms with Crippen LogP contribution in [0.2, 0.25) is 0 Å². The Morgan fingerprint density at radius 2 is 2.19 bits per heavy atom. The molecule has 1 atom stereocenters. The smallest absolute Gasteiger partial charge is 0.123 e. The number of rotatable bonds is 6. The maximum Gasteiger partial charge on any atom is 0.123 e. The van der Waals surface area contributed by atoms with Crippen LogP contribution >= 0.6 is 0 Å². The van der Waals surface area contributed by atoms with Crippen molar-refractivity contribution >= 4 is 5.82 Å². The van der Waals surface area contributed by atoms with Crippen LogP contribution < -0.4 is 11.1 Å². The fourth-order valence-electron chi connectivity index (χ4n) is 1.99. The summed E-state index contributed by atoms with van der Waals surface area (Å²) < 4.78 is 0. The van der Waals surface area contributed by atoms with Gasteiger partial charge >= 0.3 is 0 Å². The van der Waals surface area contributed by atoms with Gasteiger partial charge in [-0.25, -0.2) is 4.98 Å². The van der Waals surface area contributed by atoms with Gasteiger partial charge in [-0.15, -0.1) is 0 Å². The number of nitrogen functional groups attached to an aromatic ring is 1. The van der Waals surface area contributed by atoms with Crippen molar-refractivity contribution in [2.24, 2.45) is 5.92 Å². The first-order valence-electron chi connectivity index (χ1n) is 6.01. The zero-order chi connectivity index (χ0) is 12.0. The van der Waals surface area contributed by atoms with E-state index in [1.165, 1.54) is 18.4 Å². The summed E-state index contributed by atoms with van der Waals surface area (Å²) in [5.41, 5.74) is 6.92. The van der Waals surface area contributed by atoms with Crippen molar-refractivity contribution < 1.29 is 0 Å². The van der Waals surface area contributed by atoms with Crippen LogP contribution in [0.5, 0.6) is 0 Å². The van der Waals surface area contributed by atoms with Crippen LogP contribution in [0, 0.1) is 5.92 Å². The number of pyridine rings is 1. The second kappa shape index (κ2) is 6.48. The third-order valence-corrected chi connectivity index (χ3v) is 3.00. The number of hydrogen-bond acceptors (Lipinski definition) is 3. The molecule has 0 amide bonds. The third-order valence-electron chi connectivity index (χ3n) is 3.00. The van der Waals surface area contributed by atoms with E-state index in [-0.39, 0.29) is 0 Å². The van der Waals surface area contributed by atoms with Crippen LogP contribution in [0.15, 0.2) is 18.3 Å². The molecule has 0 aliphatic rings. The summed E-state index contributed by atoms with van der Waals surface area (Å²) in [5, 5.41) is 3.36. The maximum absolute atomic E-state index is 5.64. The van der Waals surface area contributed by atoms with Crippen LogP contribution in [0.3, 0.4) is 0 Å². The summed E-state index contributed by atoms with van der Waals surface area (Å²) in [4.78, 5) is 3.99. The van der Waals surface area contributed by atoms with Crippen LogP contribution in [-0.4, -0.2) is 18.1 Å². The van der Waals surface area contributed by atoms with Gasteiger partial charge in [-0.05, 0) is 49.9 Å². The Kier molecular flexibility index (Phi) is 5.26. The predicted octanol–water partition coefficient (Wildman–Crippen LogP) is 2.23. The molecular formula is C13H23N3. The van der Waals surface area contributed by atoms with Crippen molar-refractivity contribution in [2.75, 3.05) is 12.8 Å². The Balaban J connectivity index is 2.35.